The molecule has 0 bridgehead atoms. The first-order valence-electron chi connectivity index (χ1n) is 5.67. The fraction of sp³-hybridized carbons (Fsp3) is 0.667. The Morgan fingerprint density at radius 3 is 2.31 bits per heavy atom. The van der Waals surface area contributed by atoms with Crippen molar-refractivity contribution in [3.05, 3.63) is 12.7 Å². The lowest BCUT2D eigenvalue weighted by molar-refractivity contribution is -0.167. The summed E-state index contributed by atoms with van der Waals surface area (Å²) in [6, 6.07) is 0. The summed E-state index contributed by atoms with van der Waals surface area (Å²) in [7, 11) is 0. The third-order valence-corrected chi connectivity index (χ3v) is 1.98. The maximum atomic E-state index is 11.0. The highest BCUT2D eigenvalue weighted by atomic mass is 16.6. The summed E-state index contributed by atoms with van der Waals surface area (Å²) in [6.07, 6.45) is 6.71. The molecule has 0 fully saturated rings. The largest absolute Gasteiger partial charge is 0.457 e. The smallest absolute Gasteiger partial charge is 0.417 e. The molecule has 0 aliphatic carbocycles. The highest BCUT2D eigenvalue weighted by Crippen LogP contribution is 2.02. The molecular formula is C12H20O4. The van der Waals surface area contributed by atoms with E-state index in [-0.39, 0.29) is 13.2 Å². The van der Waals surface area contributed by atoms with E-state index in [0.717, 1.165) is 19.3 Å². The van der Waals surface area contributed by atoms with E-state index < -0.39 is 11.9 Å². The van der Waals surface area contributed by atoms with Gasteiger partial charge in [0.15, 0.2) is 0 Å². The van der Waals surface area contributed by atoms with Gasteiger partial charge in [0.1, 0.15) is 6.61 Å². The lowest BCUT2D eigenvalue weighted by Crippen LogP contribution is -2.20. The molecule has 0 N–H and O–H groups in total. The molecule has 0 saturated carbocycles. The van der Waals surface area contributed by atoms with Crippen LogP contribution in [-0.2, 0) is 19.1 Å². The number of hydrogen-bond donors (Lipinski definition) is 0. The number of hydrogen-bond acceptors (Lipinski definition) is 4. The predicted octanol–water partition coefficient (Wildman–Crippen LogP) is 2.23. The van der Waals surface area contributed by atoms with Gasteiger partial charge in [0, 0.05) is 0 Å². The Bertz CT molecular complexity index is 223. The van der Waals surface area contributed by atoms with Crippen molar-refractivity contribution in [1.82, 2.24) is 0 Å². The minimum Gasteiger partial charge on any atom is -0.457 e. The van der Waals surface area contributed by atoms with Crippen molar-refractivity contribution >= 4 is 11.9 Å². The van der Waals surface area contributed by atoms with Gasteiger partial charge in [-0.15, -0.1) is 0 Å². The molecule has 4 nitrogen and oxygen atoms in total. The Morgan fingerprint density at radius 1 is 1.06 bits per heavy atom. The molecule has 16 heavy (non-hydrogen) atoms. The molecule has 0 heterocycles. The number of esters is 2. The standard InChI is InChI=1S/C12H20O4/c1-3-5-6-7-8-10-16-12(14)11(13)15-9-4-2/h4H,2-3,5-10H2,1H3. The first-order valence-corrected chi connectivity index (χ1v) is 5.67. The van der Waals surface area contributed by atoms with Gasteiger partial charge in [0.05, 0.1) is 6.61 Å². The molecule has 0 amide bonds. The zero-order valence-electron chi connectivity index (χ0n) is 9.87. The van der Waals surface area contributed by atoms with Crippen LogP contribution in [-0.4, -0.2) is 25.2 Å². The van der Waals surface area contributed by atoms with Crippen molar-refractivity contribution in [2.24, 2.45) is 0 Å². The molecule has 0 spiro atoms. The Hall–Kier alpha value is -1.32. The first kappa shape index (κ1) is 14.7. The molecular weight excluding hydrogens is 208 g/mol. The molecule has 0 aromatic carbocycles. The van der Waals surface area contributed by atoms with Crippen LogP contribution in [0.4, 0.5) is 0 Å². The average molecular weight is 228 g/mol. The van der Waals surface area contributed by atoms with Crippen LogP contribution in [0.1, 0.15) is 39.0 Å². The molecule has 0 saturated heterocycles. The number of ether oxygens (including phenoxy) is 2. The van der Waals surface area contributed by atoms with Crippen molar-refractivity contribution in [3.63, 3.8) is 0 Å². The van der Waals surface area contributed by atoms with E-state index in [1.807, 2.05) is 0 Å². The molecule has 0 aromatic heterocycles. The molecule has 0 unspecified atom stereocenters. The molecule has 0 rings (SSSR count). The van der Waals surface area contributed by atoms with Gasteiger partial charge in [-0.25, -0.2) is 9.59 Å². The number of unbranched alkanes of at least 4 members (excludes halogenated alkanes) is 4. The molecule has 0 atom stereocenters. The molecule has 0 aliphatic heterocycles. The Kier molecular flexibility index (Phi) is 9.36. The maximum Gasteiger partial charge on any atom is 0.417 e. The summed E-state index contributed by atoms with van der Waals surface area (Å²) >= 11 is 0. The van der Waals surface area contributed by atoms with Gasteiger partial charge in [-0.3, -0.25) is 0 Å². The SMILES string of the molecule is C=CCOC(=O)C(=O)OCCCCCCC. The van der Waals surface area contributed by atoms with Gasteiger partial charge in [0.25, 0.3) is 0 Å². The molecule has 92 valence electrons. The van der Waals surface area contributed by atoms with E-state index in [4.69, 9.17) is 4.74 Å². The lowest BCUT2D eigenvalue weighted by Gasteiger charge is -2.03. The normalized spacial score (nSPS) is 9.56. The monoisotopic (exact) mass is 228 g/mol. The van der Waals surface area contributed by atoms with Crippen molar-refractivity contribution in [1.29, 1.82) is 0 Å². The number of carbonyl (C=O) groups excluding carboxylic acids is 2. The van der Waals surface area contributed by atoms with Crippen LogP contribution in [0.3, 0.4) is 0 Å². The van der Waals surface area contributed by atoms with Crippen LogP contribution >= 0.6 is 0 Å². The fourth-order valence-corrected chi connectivity index (χ4v) is 1.12. The first-order chi connectivity index (χ1) is 7.72. The summed E-state index contributed by atoms with van der Waals surface area (Å²) in [6.45, 7) is 5.82. The van der Waals surface area contributed by atoms with Gasteiger partial charge >= 0.3 is 11.9 Å². The van der Waals surface area contributed by atoms with Gasteiger partial charge < -0.3 is 9.47 Å². The van der Waals surface area contributed by atoms with Crippen LogP contribution in [0, 0.1) is 0 Å². The lowest BCUT2D eigenvalue weighted by atomic mass is 10.2. The van der Waals surface area contributed by atoms with E-state index in [9.17, 15) is 9.59 Å². The Balaban J connectivity index is 3.42. The molecule has 0 radical (unpaired) electrons. The topological polar surface area (TPSA) is 52.6 Å². The highest BCUT2D eigenvalue weighted by molar-refractivity contribution is 6.29. The van der Waals surface area contributed by atoms with Crippen molar-refractivity contribution < 1.29 is 19.1 Å². The van der Waals surface area contributed by atoms with Gasteiger partial charge in [-0.2, -0.15) is 0 Å². The Labute approximate surface area is 96.6 Å². The van der Waals surface area contributed by atoms with E-state index >= 15 is 0 Å². The van der Waals surface area contributed by atoms with Crippen molar-refractivity contribution in [2.75, 3.05) is 13.2 Å². The van der Waals surface area contributed by atoms with Crippen molar-refractivity contribution in [2.45, 2.75) is 39.0 Å². The third kappa shape index (κ3) is 8.03. The van der Waals surface area contributed by atoms with Crippen molar-refractivity contribution in [3.8, 4) is 0 Å². The van der Waals surface area contributed by atoms with Crippen LogP contribution in [0.5, 0.6) is 0 Å². The zero-order valence-corrected chi connectivity index (χ0v) is 9.87. The fourth-order valence-electron chi connectivity index (χ4n) is 1.12. The van der Waals surface area contributed by atoms with Crippen LogP contribution in [0.25, 0.3) is 0 Å². The summed E-state index contributed by atoms with van der Waals surface area (Å²) in [5, 5.41) is 0. The van der Waals surface area contributed by atoms with E-state index in [2.05, 4.69) is 18.2 Å². The van der Waals surface area contributed by atoms with Gasteiger partial charge in [-0.05, 0) is 6.42 Å². The van der Waals surface area contributed by atoms with Gasteiger partial charge in [0.2, 0.25) is 0 Å². The number of carbonyl (C=O) groups is 2. The summed E-state index contributed by atoms with van der Waals surface area (Å²) in [4.78, 5) is 21.9. The van der Waals surface area contributed by atoms with Crippen LogP contribution in [0.2, 0.25) is 0 Å². The second-order valence-electron chi connectivity index (χ2n) is 3.44. The van der Waals surface area contributed by atoms with Crippen LogP contribution < -0.4 is 0 Å². The number of rotatable bonds is 8. The maximum absolute atomic E-state index is 11.0. The van der Waals surface area contributed by atoms with E-state index in [0.29, 0.717) is 0 Å². The quantitative estimate of drug-likeness (QED) is 0.277. The van der Waals surface area contributed by atoms with Crippen LogP contribution in [0.15, 0.2) is 12.7 Å². The predicted molar refractivity (Wildman–Crippen MR) is 60.9 cm³/mol. The second-order valence-corrected chi connectivity index (χ2v) is 3.44. The van der Waals surface area contributed by atoms with E-state index in [1.54, 1.807) is 0 Å². The second kappa shape index (κ2) is 10.2. The molecule has 0 aromatic rings. The molecule has 4 heteroatoms. The minimum atomic E-state index is -0.951. The van der Waals surface area contributed by atoms with Gasteiger partial charge in [-0.1, -0.05) is 45.3 Å². The summed E-state index contributed by atoms with van der Waals surface area (Å²) in [5.74, 6) is -1.87. The highest BCUT2D eigenvalue weighted by Gasteiger charge is 2.15. The third-order valence-electron chi connectivity index (χ3n) is 1.98. The zero-order chi connectivity index (χ0) is 12.2. The van der Waals surface area contributed by atoms with E-state index in [1.165, 1.54) is 18.9 Å². The minimum absolute atomic E-state index is 0.0322. The summed E-state index contributed by atoms with van der Waals surface area (Å²) < 4.78 is 9.25. The average Bonchev–Trinajstić information content (AvgIpc) is 2.30. The molecule has 0 aliphatic rings. The summed E-state index contributed by atoms with van der Waals surface area (Å²) in [5.41, 5.74) is 0. The Morgan fingerprint density at radius 2 is 1.69 bits per heavy atom.